The van der Waals surface area contributed by atoms with Crippen LogP contribution in [0.2, 0.25) is 18.1 Å². The van der Waals surface area contributed by atoms with Crippen molar-refractivity contribution < 1.29 is 17.6 Å². The summed E-state index contributed by atoms with van der Waals surface area (Å²) in [7, 11) is -6.91. The molecule has 3 aromatic carbocycles. The molecule has 0 aliphatic heterocycles. The van der Waals surface area contributed by atoms with Gasteiger partial charge in [0.15, 0.2) is 8.32 Å². The van der Waals surface area contributed by atoms with Crippen molar-refractivity contribution in [1.29, 1.82) is 0 Å². The van der Waals surface area contributed by atoms with Crippen molar-refractivity contribution in [3.05, 3.63) is 91.0 Å². The maximum atomic E-state index is 14.0. The minimum Gasteiger partial charge on any atom is -0.412 e. The van der Waals surface area contributed by atoms with E-state index >= 15 is 0 Å². The minimum absolute atomic E-state index is 0.00873. The highest BCUT2D eigenvalue weighted by atomic mass is 32.2. The first-order valence-electron chi connectivity index (χ1n) is 14.6. The van der Waals surface area contributed by atoms with Crippen LogP contribution in [0.4, 0.5) is 0 Å². The van der Waals surface area contributed by atoms with E-state index < -0.39 is 32.3 Å². The highest BCUT2D eigenvalue weighted by Gasteiger charge is 2.41. The predicted octanol–water partition coefficient (Wildman–Crippen LogP) is 6.02. The van der Waals surface area contributed by atoms with E-state index in [1.54, 1.807) is 18.2 Å². The lowest BCUT2D eigenvalue weighted by molar-refractivity contribution is -0.124. The van der Waals surface area contributed by atoms with E-state index in [0.29, 0.717) is 6.16 Å². The van der Waals surface area contributed by atoms with Crippen molar-refractivity contribution in [2.75, 3.05) is 6.16 Å². The van der Waals surface area contributed by atoms with Crippen LogP contribution in [0.1, 0.15) is 41.5 Å². The Morgan fingerprint density at radius 3 is 1.71 bits per heavy atom. The van der Waals surface area contributed by atoms with E-state index in [2.05, 4.69) is 68.2 Å². The van der Waals surface area contributed by atoms with E-state index in [1.807, 2.05) is 57.2 Å². The average molecular weight is 627 g/mol. The molecule has 9 heteroatoms. The molecule has 1 amide bonds. The smallest absolute Gasteiger partial charge is 0.241 e. The summed E-state index contributed by atoms with van der Waals surface area (Å²) < 4.78 is 35.9. The molecule has 0 aliphatic carbocycles. The summed E-state index contributed by atoms with van der Waals surface area (Å²) in [6, 6.07) is 27.6. The molecule has 42 heavy (non-hydrogen) atoms. The number of hydrogen-bond donors (Lipinski definition) is 2. The summed E-state index contributed by atoms with van der Waals surface area (Å²) in [5.41, 5.74) is 0. The molecule has 3 aromatic rings. The second-order valence-corrected chi connectivity index (χ2v) is 21.4. The fraction of sp³-hybridized carbons (Fsp3) is 0.424. The number of benzene rings is 3. The third-order valence-corrected chi connectivity index (χ3v) is 16.6. The van der Waals surface area contributed by atoms with Crippen LogP contribution in [0.25, 0.3) is 0 Å². The molecule has 0 radical (unpaired) electrons. The normalized spacial score (nSPS) is 14.9. The predicted molar refractivity (Wildman–Crippen MR) is 179 cm³/mol. The van der Waals surface area contributed by atoms with Gasteiger partial charge in [-0.05, 0) is 67.8 Å². The zero-order valence-corrected chi connectivity index (χ0v) is 28.9. The van der Waals surface area contributed by atoms with E-state index in [1.165, 1.54) is 22.7 Å². The van der Waals surface area contributed by atoms with Gasteiger partial charge < -0.3 is 9.74 Å². The van der Waals surface area contributed by atoms with Gasteiger partial charge in [-0.25, -0.2) is 8.42 Å². The fourth-order valence-corrected chi connectivity index (χ4v) is 9.78. The molecule has 0 fully saturated rings. The van der Waals surface area contributed by atoms with Gasteiger partial charge in [-0.2, -0.15) is 4.72 Å². The van der Waals surface area contributed by atoms with E-state index in [-0.39, 0.29) is 33.9 Å². The highest BCUT2D eigenvalue weighted by Crippen LogP contribution is 2.39. The van der Waals surface area contributed by atoms with Gasteiger partial charge in [0.2, 0.25) is 15.9 Å². The van der Waals surface area contributed by atoms with Gasteiger partial charge in [-0.3, -0.25) is 4.79 Å². The molecular weight excluding hydrogens is 580 g/mol. The van der Waals surface area contributed by atoms with Gasteiger partial charge in [-0.15, -0.1) is 0 Å². The maximum Gasteiger partial charge on any atom is 0.241 e. The summed E-state index contributed by atoms with van der Waals surface area (Å²) >= 11 is 0. The molecule has 0 heterocycles. The van der Waals surface area contributed by atoms with Gasteiger partial charge >= 0.3 is 0 Å². The van der Waals surface area contributed by atoms with Crippen LogP contribution >= 0.6 is 7.92 Å². The minimum atomic E-state index is -3.89. The zero-order chi connectivity index (χ0) is 31.1. The summed E-state index contributed by atoms with van der Waals surface area (Å²) in [6.45, 7) is 16.8. The molecule has 0 aliphatic rings. The van der Waals surface area contributed by atoms with Gasteiger partial charge in [-0.1, -0.05) is 113 Å². The summed E-state index contributed by atoms with van der Waals surface area (Å²) in [5, 5.41) is 5.68. The van der Waals surface area contributed by atoms with Crippen LogP contribution in [0.15, 0.2) is 95.9 Å². The molecular formula is C33H47N2O4PSSi. The number of nitrogens with one attached hydrogen (secondary N) is 2. The molecule has 0 saturated heterocycles. The third-order valence-electron chi connectivity index (χ3n) is 7.98. The summed E-state index contributed by atoms with van der Waals surface area (Å²) in [4.78, 5) is 14.1. The number of amides is 1. The Balaban J connectivity index is 1.97. The van der Waals surface area contributed by atoms with E-state index in [4.69, 9.17) is 4.43 Å². The Labute approximate surface area is 255 Å². The van der Waals surface area contributed by atoms with Crippen LogP contribution in [0.5, 0.6) is 0 Å². The quantitative estimate of drug-likeness (QED) is 0.180. The lowest BCUT2D eigenvalue weighted by Crippen LogP contribution is -2.57. The Morgan fingerprint density at radius 2 is 1.29 bits per heavy atom. The fourth-order valence-electron chi connectivity index (χ4n) is 4.41. The molecule has 0 spiro atoms. The Morgan fingerprint density at radius 1 is 0.833 bits per heavy atom. The summed E-state index contributed by atoms with van der Waals surface area (Å²) in [6.07, 6.45) is 0.368. The first-order valence-corrected chi connectivity index (χ1v) is 20.5. The second kappa shape index (κ2) is 14.4. The van der Waals surface area contributed by atoms with Crippen LogP contribution < -0.4 is 20.6 Å². The largest absolute Gasteiger partial charge is 0.412 e. The SMILES string of the molecule is CC(C)[C@@H](NS(=O)(=O)c1ccccc1)C(=O)N[C@H](CP(c1ccccc1)c1ccccc1)[C@@H](C)O[Si](C)(C)C(C)(C)C. The Bertz CT molecular complexity index is 1340. The van der Waals surface area contributed by atoms with Crippen LogP contribution in [0.3, 0.4) is 0 Å². The molecule has 0 saturated carbocycles. The summed E-state index contributed by atoms with van der Waals surface area (Å²) in [5.74, 6) is -0.623. The third kappa shape index (κ3) is 9.07. The van der Waals surface area contributed by atoms with Crippen molar-refractivity contribution in [2.45, 2.75) is 82.8 Å². The highest BCUT2D eigenvalue weighted by molar-refractivity contribution is 7.89. The zero-order valence-electron chi connectivity index (χ0n) is 26.2. The van der Waals surface area contributed by atoms with Crippen molar-refractivity contribution in [3.63, 3.8) is 0 Å². The second-order valence-electron chi connectivity index (χ2n) is 12.6. The van der Waals surface area contributed by atoms with Crippen LogP contribution in [0, 0.1) is 5.92 Å². The van der Waals surface area contributed by atoms with Crippen LogP contribution in [-0.2, 0) is 19.2 Å². The molecule has 0 bridgehead atoms. The van der Waals surface area contributed by atoms with Gasteiger partial charge in [0.25, 0.3) is 0 Å². The average Bonchev–Trinajstić information content (AvgIpc) is 2.94. The molecule has 0 aromatic heterocycles. The first kappa shape index (κ1) is 34.1. The lowest BCUT2D eigenvalue weighted by atomic mass is 10.0. The van der Waals surface area contributed by atoms with Gasteiger partial charge in [0.05, 0.1) is 17.0 Å². The first-order chi connectivity index (χ1) is 19.6. The molecule has 0 unspecified atom stereocenters. The number of carbonyl (C=O) groups is 1. The topological polar surface area (TPSA) is 84.5 Å². The number of carbonyl (C=O) groups excluding carboxylic acids is 1. The Kier molecular flexibility index (Phi) is 11.7. The number of hydrogen-bond acceptors (Lipinski definition) is 4. The lowest BCUT2D eigenvalue weighted by Gasteiger charge is -2.41. The molecule has 3 rings (SSSR count). The molecule has 3 atom stereocenters. The van der Waals surface area contributed by atoms with Crippen LogP contribution in [-0.4, -0.2) is 47.0 Å². The van der Waals surface area contributed by atoms with Gasteiger partial charge in [0, 0.05) is 0 Å². The van der Waals surface area contributed by atoms with Crippen molar-refractivity contribution in [1.82, 2.24) is 10.0 Å². The number of rotatable bonds is 13. The molecule has 2 N–H and O–H groups in total. The van der Waals surface area contributed by atoms with Gasteiger partial charge in [0.1, 0.15) is 6.04 Å². The Hall–Kier alpha value is -2.35. The molecule has 228 valence electrons. The van der Waals surface area contributed by atoms with Crippen molar-refractivity contribution >= 4 is 42.8 Å². The van der Waals surface area contributed by atoms with E-state index in [0.717, 1.165) is 0 Å². The monoisotopic (exact) mass is 626 g/mol. The van der Waals surface area contributed by atoms with Crippen molar-refractivity contribution in [3.8, 4) is 0 Å². The van der Waals surface area contributed by atoms with E-state index in [9.17, 15) is 13.2 Å². The van der Waals surface area contributed by atoms with Crippen molar-refractivity contribution in [2.24, 2.45) is 5.92 Å². The molecule has 6 nitrogen and oxygen atoms in total. The maximum absolute atomic E-state index is 14.0. The standard InChI is InChI=1S/C33H47N2O4PSSi/c1-25(2)31(35-41(37,38)29-22-16-11-17-23-29)32(36)34-30(26(3)39-42(7,8)33(4,5)6)24-40(27-18-12-9-13-19-27)28-20-14-10-15-21-28/h9-23,25-26,30-31,35H,24H2,1-8H3,(H,34,36)/t26-,30-,31-/m1/s1. The number of sulfonamides is 1.